The van der Waals surface area contributed by atoms with Crippen molar-refractivity contribution in [3.05, 3.63) is 11.5 Å². The van der Waals surface area contributed by atoms with Gasteiger partial charge in [0.1, 0.15) is 10.6 Å². The molecule has 0 aliphatic heterocycles. The van der Waals surface area contributed by atoms with Crippen LogP contribution < -0.4 is 4.72 Å². The first-order valence-corrected chi connectivity index (χ1v) is 6.95. The lowest BCUT2D eigenvalue weighted by atomic mass is 10.4. The molecule has 1 saturated carbocycles. The number of nitrogens with one attached hydrogen (secondary N) is 1. The van der Waals surface area contributed by atoms with Crippen LogP contribution in [0.2, 0.25) is 0 Å². The third kappa shape index (κ3) is 1.97. The van der Waals surface area contributed by atoms with E-state index in [1.807, 2.05) is 0 Å². The van der Waals surface area contributed by atoms with Crippen LogP contribution in [0.15, 0.2) is 9.42 Å². The van der Waals surface area contributed by atoms with Gasteiger partial charge in [0, 0.05) is 11.4 Å². The number of aryl methyl sites for hydroxylation is 2. The van der Waals surface area contributed by atoms with E-state index in [0.29, 0.717) is 11.5 Å². The smallest absolute Gasteiger partial charge is 0.246 e. The van der Waals surface area contributed by atoms with Gasteiger partial charge in [0.15, 0.2) is 5.76 Å². The highest BCUT2D eigenvalue weighted by atomic mass is 35.5. The molecule has 0 bridgehead atoms. The molecule has 1 aliphatic carbocycles. The van der Waals surface area contributed by atoms with Gasteiger partial charge in [-0.05, 0) is 26.7 Å². The zero-order valence-corrected chi connectivity index (χ0v) is 10.7. The van der Waals surface area contributed by atoms with E-state index in [0.717, 1.165) is 12.8 Å². The van der Waals surface area contributed by atoms with Gasteiger partial charge in [-0.2, -0.15) is 0 Å². The number of sulfonamides is 1. The first kappa shape index (κ1) is 11.9. The van der Waals surface area contributed by atoms with Gasteiger partial charge in [-0.3, -0.25) is 0 Å². The molecular weight excluding hydrogens is 252 g/mol. The molecule has 0 atom stereocenters. The molecule has 0 saturated heterocycles. The minimum atomic E-state index is -3.58. The summed E-state index contributed by atoms with van der Waals surface area (Å²) in [7, 11) is -3.58. The SMILES string of the molecule is Cc1noc(C)c1S(=O)(=O)NC1(CCl)CC1. The Bertz CT molecular complexity index is 485. The third-order valence-electron chi connectivity index (χ3n) is 2.70. The molecule has 1 heterocycles. The van der Waals surface area contributed by atoms with Crippen molar-refractivity contribution < 1.29 is 12.9 Å². The number of rotatable bonds is 4. The Hall–Kier alpha value is -0.590. The lowest BCUT2D eigenvalue weighted by Gasteiger charge is -2.13. The van der Waals surface area contributed by atoms with E-state index in [4.69, 9.17) is 16.1 Å². The number of hydrogen-bond donors (Lipinski definition) is 1. The molecule has 7 heteroatoms. The summed E-state index contributed by atoms with van der Waals surface area (Å²) in [4.78, 5) is 0.129. The highest BCUT2D eigenvalue weighted by molar-refractivity contribution is 7.89. The Morgan fingerprint density at radius 2 is 2.12 bits per heavy atom. The zero-order valence-electron chi connectivity index (χ0n) is 9.08. The molecule has 2 rings (SSSR count). The van der Waals surface area contributed by atoms with Crippen LogP contribution in [0.25, 0.3) is 0 Å². The second-order valence-electron chi connectivity index (χ2n) is 4.17. The normalized spacial score (nSPS) is 18.7. The second-order valence-corrected chi connectivity index (χ2v) is 6.06. The molecule has 90 valence electrons. The summed E-state index contributed by atoms with van der Waals surface area (Å²) >= 11 is 5.74. The quantitative estimate of drug-likeness (QED) is 0.833. The number of nitrogens with zero attached hydrogens (tertiary/aromatic N) is 1. The Morgan fingerprint density at radius 3 is 2.50 bits per heavy atom. The van der Waals surface area contributed by atoms with Gasteiger partial charge in [0.25, 0.3) is 0 Å². The van der Waals surface area contributed by atoms with E-state index in [1.54, 1.807) is 13.8 Å². The highest BCUT2D eigenvalue weighted by Gasteiger charge is 2.46. The van der Waals surface area contributed by atoms with Crippen LogP contribution in [0.4, 0.5) is 0 Å². The average Bonchev–Trinajstić information content (AvgIpc) is 2.86. The number of aromatic nitrogens is 1. The number of halogens is 1. The molecule has 1 aliphatic rings. The minimum absolute atomic E-state index is 0.129. The fourth-order valence-corrected chi connectivity index (χ4v) is 3.81. The van der Waals surface area contributed by atoms with Crippen LogP contribution in [0, 0.1) is 13.8 Å². The third-order valence-corrected chi connectivity index (χ3v) is 5.03. The van der Waals surface area contributed by atoms with Crippen molar-refractivity contribution in [3.8, 4) is 0 Å². The lowest BCUT2D eigenvalue weighted by Crippen LogP contribution is -2.38. The monoisotopic (exact) mass is 264 g/mol. The molecule has 0 amide bonds. The molecule has 1 N–H and O–H groups in total. The van der Waals surface area contributed by atoms with E-state index in [-0.39, 0.29) is 10.8 Å². The molecule has 0 spiro atoms. The van der Waals surface area contributed by atoms with Crippen LogP contribution in [0.3, 0.4) is 0 Å². The number of hydrogen-bond acceptors (Lipinski definition) is 4. The molecule has 0 aromatic carbocycles. The molecule has 5 nitrogen and oxygen atoms in total. The largest absolute Gasteiger partial charge is 0.360 e. The van der Waals surface area contributed by atoms with Crippen molar-refractivity contribution in [2.24, 2.45) is 0 Å². The fraction of sp³-hybridized carbons (Fsp3) is 0.667. The van der Waals surface area contributed by atoms with E-state index in [2.05, 4.69) is 9.88 Å². The summed E-state index contributed by atoms with van der Waals surface area (Å²) in [5, 5.41) is 3.63. The van der Waals surface area contributed by atoms with E-state index < -0.39 is 15.6 Å². The molecule has 0 radical (unpaired) electrons. The first-order valence-electron chi connectivity index (χ1n) is 4.93. The molecule has 1 aromatic rings. The topological polar surface area (TPSA) is 72.2 Å². The molecule has 1 aromatic heterocycles. The summed E-state index contributed by atoms with van der Waals surface area (Å²) in [5.74, 6) is 0.589. The zero-order chi connectivity index (χ0) is 12.0. The van der Waals surface area contributed by atoms with Gasteiger partial charge in [-0.25, -0.2) is 13.1 Å². The van der Waals surface area contributed by atoms with Gasteiger partial charge in [-0.1, -0.05) is 5.16 Å². The van der Waals surface area contributed by atoms with Crippen molar-refractivity contribution in [3.63, 3.8) is 0 Å². The lowest BCUT2D eigenvalue weighted by molar-refractivity contribution is 0.390. The van der Waals surface area contributed by atoms with Crippen LogP contribution in [0.5, 0.6) is 0 Å². The Labute approximate surface area is 99.2 Å². The fourth-order valence-electron chi connectivity index (χ4n) is 1.61. The average molecular weight is 265 g/mol. The Morgan fingerprint density at radius 1 is 1.50 bits per heavy atom. The van der Waals surface area contributed by atoms with Gasteiger partial charge >= 0.3 is 0 Å². The van der Waals surface area contributed by atoms with Crippen molar-refractivity contribution in [2.75, 3.05) is 5.88 Å². The first-order chi connectivity index (χ1) is 7.40. The summed E-state index contributed by atoms with van der Waals surface area (Å²) in [5.41, 5.74) is -0.0911. The van der Waals surface area contributed by atoms with Crippen molar-refractivity contribution >= 4 is 21.6 Å². The summed E-state index contributed by atoms with van der Waals surface area (Å²) in [6, 6.07) is 0. The van der Waals surface area contributed by atoms with Crippen LogP contribution in [-0.4, -0.2) is 25.0 Å². The van der Waals surface area contributed by atoms with Gasteiger partial charge < -0.3 is 4.52 Å². The van der Waals surface area contributed by atoms with Gasteiger partial charge in [0.05, 0.1) is 0 Å². The van der Waals surface area contributed by atoms with Crippen LogP contribution in [0.1, 0.15) is 24.3 Å². The maximum atomic E-state index is 12.1. The maximum Gasteiger partial charge on any atom is 0.246 e. The van der Waals surface area contributed by atoms with Gasteiger partial charge in [-0.15, -0.1) is 11.6 Å². The van der Waals surface area contributed by atoms with E-state index in [1.165, 1.54) is 0 Å². The Balaban J connectivity index is 2.33. The second kappa shape index (κ2) is 3.72. The minimum Gasteiger partial charge on any atom is -0.360 e. The molecule has 16 heavy (non-hydrogen) atoms. The Kier molecular flexibility index (Phi) is 2.76. The highest BCUT2D eigenvalue weighted by Crippen LogP contribution is 2.38. The van der Waals surface area contributed by atoms with E-state index in [9.17, 15) is 8.42 Å². The molecular formula is C9H13ClN2O3S. The van der Waals surface area contributed by atoms with Crippen molar-refractivity contribution in [2.45, 2.75) is 37.1 Å². The summed E-state index contributed by atoms with van der Waals surface area (Å²) < 4.78 is 31.6. The van der Waals surface area contributed by atoms with E-state index >= 15 is 0 Å². The predicted molar refractivity (Wildman–Crippen MR) is 59.0 cm³/mol. The number of alkyl halides is 1. The van der Waals surface area contributed by atoms with Crippen molar-refractivity contribution in [1.29, 1.82) is 0 Å². The summed E-state index contributed by atoms with van der Waals surface area (Å²) in [6.45, 7) is 3.18. The molecule has 1 fully saturated rings. The van der Waals surface area contributed by atoms with Crippen LogP contribution in [-0.2, 0) is 10.0 Å². The van der Waals surface area contributed by atoms with Gasteiger partial charge in [0.2, 0.25) is 10.0 Å². The standard InChI is InChI=1S/C9H13ClN2O3S/c1-6-8(7(2)15-11-6)16(13,14)12-9(5-10)3-4-9/h12H,3-5H2,1-2H3. The predicted octanol–water partition coefficient (Wildman–Crippen LogP) is 1.34. The van der Waals surface area contributed by atoms with Crippen LogP contribution >= 0.6 is 11.6 Å². The molecule has 0 unspecified atom stereocenters. The van der Waals surface area contributed by atoms with Crippen molar-refractivity contribution in [1.82, 2.24) is 9.88 Å². The summed E-state index contributed by atoms with van der Waals surface area (Å²) in [6.07, 6.45) is 1.55. The maximum absolute atomic E-state index is 12.1.